The average Bonchev–Trinajstić information content (AvgIpc) is 3.20. The molecule has 2 amide bonds. The second-order valence-electron chi connectivity index (χ2n) is 6.09. The maximum Gasteiger partial charge on any atom is 0.416 e. The van der Waals surface area contributed by atoms with Gasteiger partial charge in [0, 0.05) is 23.2 Å². The average molecular weight is 446 g/mol. The first-order valence-corrected chi connectivity index (χ1v) is 9.07. The van der Waals surface area contributed by atoms with Gasteiger partial charge in [-0.15, -0.1) is 5.10 Å². The number of carbonyl (C=O) groups is 1. The minimum absolute atomic E-state index is 0.00647. The summed E-state index contributed by atoms with van der Waals surface area (Å²) in [5.41, 5.74) is -1.50. The lowest BCUT2D eigenvalue weighted by Gasteiger charge is -2.15. The molecule has 5 nitrogen and oxygen atoms in total. The summed E-state index contributed by atoms with van der Waals surface area (Å²) in [6.07, 6.45) is -9.99. The van der Waals surface area contributed by atoms with Gasteiger partial charge in [0.15, 0.2) is 0 Å². The maximum atomic E-state index is 12.9. The number of benzene rings is 2. The van der Waals surface area contributed by atoms with Crippen molar-refractivity contribution in [2.24, 2.45) is 0 Å². The number of anilines is 1. The summed E-state index contributed by atoms with van der Waals surface area (Å²) in [5, 5.41) is 10.1. The second kappa shape index (κ2) is 8.30. The molecule has 12 heteroatoms. The lowest BCUT2D eigenvalue weighted by molar-refractivity contribution is -0.143. The molecule has 0 atom stereocenters. The van der Waals surface area contributed by atoms with Gasteiger partial charge in [0.1, 0.15) is 5.69 Å². The molecule has 0 aliphatic carbocycles. The number of hydrogen-bond donors (Lipinski definition) is 2. The van der Waals surface area contributed by atoms with Crippen LogP contribution in [-0.2, 0) is 18.9 Å². The van der Waals surface area contributed by atoms with Crippen LogP contribution in [0.4, 0.5) is 36.8 Å². The molecule has 0 bridgehead atoms. The summed E-state index contributed by atoms with van der Waals surface area (Å²) in [4.78, 5) is 12.0. The molecule has 2 N–H and O–H groups in total. The summed E-state index contributed by atoms with van der Waals surface area (Å²) in [5.74, 6) is 0. The van der Waals surface area contributed by atoms with Gasteiger partial charge in [-0.1, -0.05) is 28.8 Å². The van der Waals surface area contributed by atoms with Crippen molar-refractivity contribution >= 4 is 23.3 Å². The van der Waals surface area contributed by atoms with E-state index in [2.05, 4.69) is 14.9 Å². The number of aromatic nitrogens is 2. The molecule has 30 heavy (non-hydrogen) atoms. The third-order valence-electron chi connectivity index (χ3n) is 3.91. The highest BCUT2D eigenvalue weighted by molar-refractivity contribution is 7.03. The molecule has 0 unspecified atom stereocenters. The van der Waals surface area contributed by atoms with Crippen LogP contribution in [0.25, 0.3) is 11.3 Å². The highest BCUT2D eigenvalue weighted by Gasteiger charge is 2.37. The van der Waals surface area contributed by atoms with Gasteiger partial charge in [-0.25, -0.2) is 4.79 Å². The zero-order valence-corrected chi connectivity index (χ0v) is 15.6. The fourth-order valence-corrected chi connectivity index (χ4v) is 2.93. The Morgan fingerprint density at radius 3 is 2.03 bits per heavy atom. The van der Waals surface area contributed by atoms with Crippen molar-refractivity contribution in [3.05, 3.63) is 64.5 Å². The molecular weight excluding hydrogens is 434 g/mol. The molecule has 0 saturated heterocycles. The summed E-state index contributed by atoms with van der Waals surface area (Å²) in [7, 11) is 0. The zero-order valence-electron chi connectivity index (χ0n) is 14.8. The predicted octanol–water partition coefficient (Wildman–Crippen LogP) is 5.56. The van der Waals surface area contributed by atoms with Crippen LogP contribution in [0.15, 0.2) is 47.8 Å². The highest BCUT2D eigenvalue weighted by atomic mass is 32.1. The van der Waals surface area contributed by atoms with E-state index in [1.807, 2.05) is 5.32 Å². The van der Waals surface area contributed by atoms with E-state index in [-0.39, 0.29) is 12.6 Å². The van der Waals surface area contributed by atoms with E-state index in [4.69, 9.17) is 0 Å². The molecule has 1 heterocycles. The van der Waals surface area contributed by atoms with Crippen molar-refractivity contribution < 1.29 is 31.1 Å². The predicted molar refractivity (Wildman–Crippen MR) is 97.6 cm³/mol. The Balaban J connectivity index is 1.67. The van der Waals surface area contributed by atoms with Crippen LogP contribution >= 0.6 is 11.5 Å². The lowest BCUT2D eigenvalue weighted by atomic mass is 10.1. The van der Waals surface area contributed by atoms with Crippen molar-refractivity contribution in [2.45, 2.75) is 18.9 Å². The molecule has 0 radical (unpaired) electrons. The van der Waals surface area contributed by atoms with Gasteiger partial charge in [0.05, 0.1) is 11.1 Å². The monoisotopic (exact) mass is 446 g/mol. The van der Waals surface area contributed by atoms with Crippen LogP contribution in [-0.4, -0.2) is 15.6 Å². The van der Waals surface area contributed by atoms with Crippen LogP contribution in [0.3, 0.4) is 0 Å². The number of nitrogens with zero attached hydrogens (tertiary/aromatic N) is 2. The van der Waals surface area contributed by atoms with Gasteiger partial charge in [0.25, 0.3) is 0 Å². The van der Waals surface area contributed by atoms with Crippen molar-refractivity contribution in [2.75, 3.05) is 5.32 Å². The molecule has 0 spiro atoms. The highest BCUT2D eigenvalue weighted by Crippen LogP contribution is 2.37. The SMILES string of the molecule is O=C(NCc1ccc(-c2csnn2)cc1)Nc1cc(C(F)(F)F)cc(C(F)(F)F)c1. The molecule has 0 saturated carbocycles. The van der Waals surface area contributed by atoms with E-state index < -0.39 is 35.2 Å². The minimum Gasteiger partial charge on any atom is -0.334 e. The third kappa shape index (κ3) is 5.47. The molecule has 158 valence electrons. The Hall–Kier alpha value is -3.15. The van der Waals surface area contributed by atoms with Crippen LogP contribution < -0.4 is 10.6 Å². The van der Waals surface area contributed by atoms with Gasteiger partial charge in [-0.3, -0.25) is 0 Å². The molecule has 1 aromatic heterocycles. The third-order valence-corrected chi connectivity index (χ3v) is 4.41. The van der Waals surface area contributed by atoms with Crippen molar-refractivity contribution in [3.63, 3.8) is 0 Å². The smallest absolute Gasteiger partial charge is 0.334 e. The topological polar surface area (TPSA) is 66.9 Å². The van der Waals surface area contributed by atoms with Gasteiger partial charge in [-0.05, 0) is 35.3 Å². The van der Waals surface area contributed by atoms with Crippen LogP contribution in [0, 0.1) is 0 Å². The zero-order chi connectivity index (χ0) is 21.9. The fourth-order valence-electron chi connectivity index (χ4n) is 2.47. The molecular formula is C18H12F6N4OS. The number of alkyl halides is 6. The number of halogens is 6. The quantitative estimate of drug-likeness (QED) is 0.516. The van der Waals surface area contributed by atoms with Gasteiger partial charge < -0.3 is 10.6 Å². The van der Waals surface area contributed by atoms with Crippen LogP contribution in [0.1, 0.15) is 16.7 Å². The molecule has 3 rings (SSSR count). The maximum absolute atomic E-state index is 12.9. The molecule has 0 aliphatic heterocycles. The Bertz CT molecular complexity index is 984. The number of carbonyl (C=O) groups excluding carboxylic acids is 1. The van der Waals surface area contributed by atoms with E-state index in [0.717, 1.165) is 5.56 Å². The number of nitrogens with one attached hydrogen (secondary N) is 2. The van der Waals surface area contributed by atoms with Gasteiger partial charge >= 0.3 is 18.4 Å². The Morgan fingerprint density at radius 1 is 0.933 bits per heavy atom. The van der Waals surface area contributed by atoms with Crippen LogP contribution in [0.2, 0.25) is 0 Å². The Labute approximate surface area is 169 Å². The molecule has 0 aliphatic rings. The number of hydrogen-bond acceptors (Lipinski definition) is 4. The Kier molecular flexibility index (Phi) is 5.97. The number of amides is 2. The van der Waals surface area contributed by atoms with Crippen molar-refractivity contribution in [3.8, 4) is 11.3 Å². The Morgan fingerprint density at radius 2 is 1.53 bits per heavy atom. The van der Waals surface area contributed by atoms with Gasteiger partial charge in [-0.2, -0.15) is 26.3 Å². The first-order chi connectivity index (χ1) is 14.0. The first kappa shape index (κ1) is 21.6. The second-order valence-corrected chi connectivity index (χ2v) is 6.70. The van der Waals surface area contributed by atoms with Crippen molar-refractivity contribution in [1.29, 1.82) is 0 Å². The lowest BCUT2D eigenvalue weighted by Crippen LogP contribution is -2.28. The molecule has 0 fully saturated rings. The fraction of sp³-hybridized carbons (Fsp3) is 0.167. The summed E-state index contributed by atoms with van der Waals surface area (Å²) in [6.45, 7) is 0.00647. The first-order valence-electron chi connectivity index (χ1n) is 8.23. The minimum atomic E-state index is -5.00. The number of urea groups is 1. The molecule has 3 aromatic rings. The van der Waals surface area contributed by atoms with E-state index in [1.54, 1.807) is 29.6 Å². The molecule has 2 aromatic carbocycles. The van der Waals surface area contributed by atoms with E-state index in [0.29, 0.717) is 23.4 Å². The number of rotatable bonds is 4. The van der Waals surface area contributed by atoms with Gasteiger partial charge in [0.2, 0.25) is 0 Å². The van der Waals surface area contributed by atoms with Crippen molar-refractivity contribution in [1.82, 2.24) is 14.9 Å². The van der Waals surface area contributed by atoms with E-state index in [1.165, 1.54) is 11.5 Å². The van der Waals surface area contributed by atoms with E-state index in [9.17, 15) is 31.1 Å². The summed E-state index contributed by atoms with van der Waals surface area (Å²) in [6, 6.07) is 6.79. The summed E-state index contributed by atoms with van der Waals surface area (Å²) >= 11 is 1.19. The standard InChI is InChI=1S/C18H12F6N4OS/c19-17(20,21)12-5-13(18(22,23)24)7-14(6-12)26-16(29)25-8-10-1-3-11(4-2-10)15-9-30-28-27-15/h1-7,9H,8H2,(H2,25,26,29). The van der Waals surface area contributed by atoms with E-state index >= 15 is 0 Å². The largest absolute Gasteiger partial charge is 0.416 e. The van der Waals surface area contributed by atoms with Crippen LogP contribution in [0.5, 0.6) is 0 Å². The summed E-state index contributed by atoms with van der Waals surface area (Å²) < 4.78 is 81.0. The normalized spacial score (nSPS) is 11.9.